The van der Waals surface area contributed by atoms with Crippen LogP contribution in [-0.4, -0.2) is 39.6 Å². The highest BCUT2D eigenvalue weighted by molar-refractivity contribution is 6.04. The molecular formula is C19H20F3N3O4. The molecule has 1 amide bonds. The van der Waals surface area contributed by atoms with Gasteiger partial charge in [0.05, 0.1) is 11.5 Å². The predicted molar refractivity (Wildman–Crippen MR) is 96.8 cm³/mol. The number of piperidine rings is 1. The molecular weight excluding hydrogens is 391 g/mol. The van der Waals surface area contributed by atoms with E-state index in [9.17, 15) is 27.9 Å². The van der Waals surface area contributed by atoms with Crippen molar-refractivity contribution < 1.29 is 32.4 Å². The summed E-state index contributed by atoms with van der Waals surface area (Å²) in [6.07, 6.45) is -3.65. The summed E-state index contributed by atoms with van der Waals surface area (Å²) in [5, 5.41) is 12.9. The number of benzene rings is 1. The van der Waals surface area contributed by atoms with Gasteiger partial charge in [-0.3, -0.25) is 9.59 Å². The van der Waals surface area contributed by atoms with Crippen LogP contribution in [0.4, 0.5) is 19.1 Å². The minimum absolute atomic E-state index is 0.152. The van der Waals surface area contributed by atoms with E-state index in [1.165, 1.54) is 23.1 Å². The molecule has 1 aliphatic heterocycles. The number of hydrogen-bond acceptors (Lipinski definition) is 5. The Morgan fingerprint density at radius 2 is 2.03 bits per heavy atom. The fraction of sp³-hybridized carbons (Fsp3) is 0.421. The second-order valence-electron chi connectivity index (χ2n) is 6.93. The standard InChI is InChI=1S/C19H20F3N3O4/c1-2-11-9-10(18(27)28)7-8-25(11)17(26)14-15(24-29-16(14)23)12-5-3-4-6-13(12)19(20,21)22/h3-6,10-11H,2,7-9,23H2,1H3,(H,27,28). The Balaban J connectivity index is 2.01. The van der Waals surface area contributed by atoms with Gasteiger partial charge in [-0.2, -0.15) is 13.2 Å². The van der Waals surface area contributed by atoms with E-state index in [-0.39, 0.29) is 48.1 Å². The van der Waals surface area contributed by atoms with Crippen LogP contribution < -0.4 is 5.73 Å². The largest absolute Gasteiger partial charge is 0.481 e. The molecule has 0 bridgehead atoms. The van der Waals surface area contributed by atoms with E-state index >= 15 is 0 Å². The molecule has 1 aromatic carbocycles. The zero-order valence-electron chi connectivity index (χ0n) is 15.6. The molecule has 1 fully saturated rings. The lowest BCUT2D eigenvalue weighted by Gasteiger charge is -2.37. The smallest absolute Gasteiger partial charge is 0.417 e. The Bertz CT molecular complexity index is 926. The molecule has 0 saturated carbocycles. The fourth-order valence-corrected chi connectivity index (χ4v) is 3.70. The Morgan fingerprint density at radius 1 is 1.34 bits per heavy atom. The van der Waals surface area contributed by atoms with Crippen LogP contribution in [0.2, 0.25) is 0 Å². The SMILES string of the molecule is CCC1CC(C(=O)O)CCN1C(=O)c1c(-c2ccccc2C(F)(F)F)noc1N. The summed E-state index contributed by atoms with van der Waals surface area (Å²) < 4.78 is 45.1. The number of anilines is 1. The summed E-state index contributed by atoms with van der Waals surface area (Å²) in [7, 11) is 0. The third-order valence-corrected chi connectivity index (χ3v) is 5.22. The van der Waals surface area contributed by atoms with Crippen LogP contribution in [0.3, 0.4) is 0 Å². The topological polar surface area (TPSA) is 110 Å². The van der Waals surface area contributed by atoms with E-state index in [0.29, 0.717) is 6.42 Å². The molecule has 3 N–H and O–H groups in total. The van der Waals surface area contributed by atoms with Gasteiger partial charge in [0, 0.05) is 18.2 Å². The number of carboxylic acid groups (broad SMARTS) is 1. The number of aliphatic carboxylic acids is 1. The van der Waals surface area contributed by atoms with Crippen LogP contribution in [-0.2, 0) is 11.0 Å². The van der Waals surface area contributed by atoms with Gasteiger partial charge in [0.1, 0.15) is 11.3 Å². The maximum atomic E-state index is 13.4. The van der Waals surface area contributed by atoms with Gasteiger partial charge in [-0.1, -0.05) is 30.3 Å². The van der Waals surface area contributed by atoms with Crippen LogP contribution in [0.1, 0.15) is 42.1 Å². The van der Waals surface area contributed by atoms with Gasteiger partial charge in [-0.15, -0.1) is 0 Å². The van der Waals surface area contributed by atoms with Crippen molar-refractivity contribution >= 4 is 17.8 Å². The Morgan fingerprint density at radius 3 is 2.66 bits per heavy atom. The van der Waals surface area contributed by atoms with Gasteiger partial charge in [0.15, 0.2) is 0 Å². The number of halogens is 3. The number of rotatable bonds is 4. The van der Waals surface area contributed by atoms with Crippen molar-refractivity contribution in [2.24, 2.45) is 5.92 Å². The Kier molecular flexibility index (Phi) is 5.54. The van der Waals surface area contributed by atoms with Gasteiger partial charge in [0.2, 0.25) is 5.88 Å². The van der Waals surface area contributed by atoms with Crippen LogP contribution in [0.15, 0.2) is 28.8 Å². The van der Waals surface area contributed by atoms with Crippen molar-refractivity contribution in [1.29, 1.82) is 0 Å². The molecule has 29 heavy (non-hydrogen) atoms. The molecule has 2 atom stereocenters. The number of hydrogen-bond donors (Lipinski definition) is 2. The molecule has 10 heteroatoms. The molecule has 1 aromatic heterocycles. The minimum atomic E-state index is -4.66. The van der Waals surface area contributed by atoms with Crippen LogP contribution >= 0.6 is 0 Å². The van der Waals surface area contributed by atoms with Gasteiger partial charge >= 0.3 is 12.1 Å². The molecule has 2 heterocycles. The monoisotopic (exact) mass is 411 g/mol. The van der Waals surface area contributed by atoms with Crippen molar-refractivity contribution in [2.75, 3.05) is 12.3 Å². The maximum Gasteiger partial charge on any atom is 0.417 e. The minimum Gasteiger partial charge on any atom is -0.481 e. The quantitative estimate of drug-likeness (QED) is 0.795. The lowest BCUT2D eigenvalue weighted by Crippen LogP contribution is -2.47. The first-order valence-corrected chi connectivity index (χ1v) is 9.10. The summed E-state index contributed by atoms with van der Waals surface area (Å²) in [6, 6.07) is 4.35. The van der Waals surface area contributed by atoms with Crippen molar-refractivity contribution in [2.45, 2.75) is 38.4 Å². The van der Waals surface area contributed by atoms with Crippen LogP contribution in [0.25, 0.3) is 11.3 Å². The first-order chi connectivity index (χ1) is 13.6. The van der Waals surface area contributed by atoms with E-state index < -0.39 is 29.5 Å². The zero-order valence-corrected chi connectivity index (χ0v) is 15.6. The second-order valence-corrected chi connectivity index (χ2v) is 6.93. The van der Waals surface area contributed by atoms with Crippen molar-refractivity contribution in [3.63, 3.8) is 0 Å². The summed E-state index contributed by atoms with van der Waals surface area (Å²) in [4.78, 5) is 25.9. The highest BCUT2D eigenvalue weighted by Crippen LogP contribution is 2.39. The summed E-state index contributed by atoms with van der Waals surface area (Å²) >= 11 is 0. The van der Waals surface area contributed by atoms with E-state index in [1.54, 1.807) is 0 Å². The number of amides is 1. The Labute approximate surface area is 164 Å². The predicted octanol–water partition coefficient (Wildman–Crippen LogP) is 3.66. The number of carboxylic acids is 1. The molecule has 2 aromatic rings. The fourth-order valence-electron chi connectivity index (χ4n) is 3.70. The van der Waals surface area contributed by atoms with Crippen molar-refractivity contribution in [3.05, 3.63) is 35.4 Å². The van der Waals surface area contributed by atoms with Crippen LogP contribution in [0.5, 0.6) is 0 Å². The molecule has 0 aliphatic carbocycles. The summed E-state index contributed by atoms with van der Waals surface area (Å²) in [6.45, 7) is 1.96. The van der Waals surface area contributed by atoms with E-state index in [0.717, 1.165) is 6.07 Å². The molecule has 2 unspecified atom stereocenters. The average Bonchev–Trinajstić information content (AvgIpc) is 3.07. The summed E-state index contributed by atoms with van der Waals surface area (Å²) in [5.41, 5.74) is 3.96. The van der Waals surface area contributed by atoms with Gasteiger partial charge in [0.25, 0.3) is 5.91 Å². The molecule has 0 spiro atoms. The summed E-state index contributed by atoms with van der Waals surface area (Å²) in [5.74, 6) is -2.50. The molecule has 1 aliphatic rings. The molecule has 3 rings (SSSR count). The number of alkyl halides is 3. The first kappa shape index (κ1) is 20.7. The normalized spacial score (nSPS) is 19.9. The van der Waals surface area contributed by atoms with Gasteiger partial charge < -0.3 is 20.3 Å². The van der Waals surface area contributed by atoms with Gasteiger partial charge in [-0.25, -0.2) is 0 Å². The number of likely N-dealkylation sites (tertiary alicyclic amines) is 1. The molecule has 1 saturated heterocycles. The zero-order chi connectivity index (χ0) is 21.3. The third kappa shape index (κ3) is 3.92. The highest BCUT2D eigenvalue weighted by atomic mass is 19.4. The third-order valence-electron chi connectivity index (χ3n) is 5.22. The lowest BCUT2D eigenvalue weighted by atomic mass is 9.89. The average molecular weight is 411 g/mol. The molecule has 7 nitrogen and oxygen atoms in total. The first-order valence-electron chi connectivity index (χ1n) is 9.10. The van der Waals surface area contributed by atoms with Gasteiger partial charge in [-0.05, 0) is 25.3 Å². The van der Waals surface area contributed by atoms with Crippen molar-refractivity contribution in [1.82, 2.24) is 10.1 Å². The highest BCUT2D eigenvalue weighted by Gasteiger charge is 2.39. The lowest BCUT2D eigenvalue weighted by molar-refractivity contribution is -0.144. The number of nitrogens with zero attached hydrogens (tertiary/aromatic N) is 2. The van der Waals surface area contributed by atoms with E-state index in [4.69, 9.17) is 10.3 Å². The number of aromatic nitrogens is 1. The number of carbonyl (C=O) groups is 2. The maximum absolute atomic E-state index is 13.4. The number of nitrogen functional groups attached to an aromatic ring is 1. The van der Waals surface area contributed by atoms with E-state index in [1.807, 2.05) is 6.92 Å². The molecule has 156 valence electrons. The molecule has 0 radical (unpaired) electrons. The van der Waals surface area contributed by atoms with E-state index in [2.05, 4.69) is 5.16 Å². The van der Waals surface area contributed by atoms with Crippen LogP contribution in [0, 0.1) is 5.92 Å². The second kappa shape index (κ2) is 7.76. The number of nitrogens with two attached hydrogens (primary N) is 1. The Hall–Kier alpha value is -3.04. The number of carbonyl (C=O) groups excluding carboxylic acids is 1. The van der Waals surface area contributed by atoms with Crippen molar-refractivity contribution in [3.8, 4) is 11.3 Å².